The number of pyridine rings is 1. The first-order valence-electron chi connectivity index (χ1n) is 6.51. The van der Waals surface area contributed by atoms with Crippen molar-refractivity contribution in [2.24, 2.45) is 7.05 Å². The molecule has 0 amide bonds. The van der Waals surface area contributed by atoms with Gasteiger partial charge >= 0.3 is 0 Å². The topological polar surface area (TPSA) is 29.9 Å². The van der Waals surface area contributed by atoms with E-state index in [1.807, 2.05) is 18.3 Å². The van der Waals surface area contributed by atoms with Crippen molar-refractivity contribution in [3.63, 3.8) is 0 Å². The Bertz CT molecular complexity index is 804. The molecular weight excluding hydrogens is 258 g/mol. The van der Waals surface area contributed by atoms with Crippen molar-refractivity contribution in [3.8, 4) is 0 Å². The van der Waals surface area contributed by atoms with Gasteiger partial charge in [0.05, 0.1) is 11.0 Å². The first kappa shape index (κ1) is 11.3. The van der Waals surface area contributed by atoms with E-state index in [2.05, 4.69) is 28.0 Å². The van der Waals surface area contributed by atoms with Gasteiger partial charge in [-0.2, -0.15) is 0 Å². The number of fused-ring (bicyclic) bond motifs is 5. The molecule has 0 bridgehead atoms. The Labute approximate surface area is 116 Å². The molecule has 1 aliphatic rings. The Balaban J connectivity index is 2.19. The molecule has 0 spiro atoms. The number of rotatable bonds is 0. The van der Waals surface area contributed by atoms with Gasteiger partial charge < -0.3 is 9.88 Å². The second-order valence-electron chi connectivity index (χ2n) is 5.09. The van der Waals surface area contributed by atoms with E-state index >= 15 is 0 Å². The Morgan fingerprint density at radius 3 is 3.11 bits per heavy atom. The van der Waals surface area contributed by atoms with Crippen molar-refractivity contribution in [3.05, 3.63) is 40.7 Å². The Kier molecular flexibility index (Phi) is 2.34. The molecule has 3 nitrogen and oxygen atoms in total. The summed E-state index contributed by atoms with van der Waals surface area (Å²) in [6, 6.07) is 5.95. The molecule has 4 heteroatoms. The zero-order chi connectivity index (χ0) is 13.0. The molecule has 3 heterocycles. The number of hydrogen-bond donors (Lipinski definition) is 1. The summed E-state index contributed by atoms with van der Waals surface area (Å²) in [5.74, 6) is 0. The van der Waals surface area contributed by atoms with Gasteiger partial charge in [-0.1, -0.05) is 11.6 Å². The Morgan fingerprint density at radius 2 is 2.21 bits per heavy atom. The van der Waals surface area contributed by atoms with Crippen LogP contribution in [-0.4, -0.2) is 16.1 Å². The molecule has 1 aromatic carbocycles. The molecule has 4 rings (SSSR count). The van der Waals surface area contributed by atoms with Crippen LogP contribution in [0.1, 0.15) is 11.3 Å². The number of aryl methyl sites for hydroxylation is 1. The zero-order valence-corrected chi connectivity index (χ0v) is 11.5. The van der Waals surface area contributed by atoms with E-state index < -0.39 is 0 Å². The van der Waals surface area contributed by atoms with Gasteiger partial charge in [0.2, 0.25) is 0 Å². The minimum atomic E-state index is 0.736. The minimum absolute atomic E-state index is 0.736. The van der Waals surface area contributed by atoms with Gasteiger partial charge in [0, 0.05) is 54.2 Å². The van der Waals surface area contributed by atoms with Crippen LogP contribution in [0.4, 0.5) is 0 Å². The van der Waals surface area contributed by atoms with E-state index in [1.165, 1.54) is 27.5 Å². The smallest absolute Gasteiger partial charge is 0.0738 e. The van der Waals surface area contributed by atoms with Crippen molar-refractivity contribution in [1.82, 2.24) is 14.9 Å². The molecule has 0 saturated heterocycles. The van der Waals surface area contributed by atoms with Crippen LogP contribution in [0, 0.1) is 0 Å². The first-order chi connectivity index (χ1) is 9.25. The van der Waals surface area contributed by atoms with E-state index in [0.29, 0.717) is 0 Å². The monoisotopic (exact) mass is 271 g/mol. The zero-order valence-electron chi connectivity index (χ0n) is 10.7. The normalized spacial score (nSPS) is 15.1. The number of nitrogens with zero attached hydrogens (tertiary/aromatic N) is 2. The van der Waals surface area contributed by atoms with Gasteiger partial charge in [-0.15, -0.1) is 0 Å². The maximum atomic E-state index is 6.05. The molecule has 0 radical (unpaired) electrons. The largest absolute Gasteiger partial charge is 0.347 e. The standard InChI is InChI=1S/C15H14ClN3/c1-19-14-4-5-17-7-11(14)12-8-18-13-6-9(16)2-3-10(13)15(12)19/h2-3,6,8,17H,4-5,7H2,1H3. The molecule has 3 aromatic rings. The van der Waals surface area contributed by atoms with Crippen LogP contribution in [-0.2, 0) is 20.0 Å². The van der Waals surface area contributed by atoms with Crippen LogP contribution >= 0.6 is 11.6 Å². The molecule has 1 aliphatic heterocycles. The first-order valence-corrected chi connectivity index (χ1v) is 6.88. The van der Waals surface area contributed by atoms with Crippen LogP contribution in [0.3, 0.4) is 0 Å². The summed E-state index contributed by atoms with van der Waals surface area (Å²) < 4.78 is 2.32. The quantitative estimate of drug-likeness (QED) is 0.681. The lowest BCUT2D eigenvalue weighted by molar-refractivity contribution is 0.622. The summed E-state index contributed by atoms with van der Waals surface area (Å²) in [5.41, 5.74) is 5.06. The van der Waals surface area contributed by atoms with Crippen LogP contribution in [0.5, 0.6) is 0 Å². The van der Waals surface area contributed by atoms with Crippen LogP contribution < -0.4 is 5.32 Å². The number of hydrogen-bond acceptors (Lipinski definition) is 2. The minimum Gasteiger partial charge on any atom is -0.347 e. The number of benzene rings is 1. The van der Waals surface area contributed by atoms with Crippen molar-refractivity contribution in [2.45, 2.75) is 13.0 Å². The maximum Gasteiger partial charge on any atom is 0.0738 e. The third-order valence-corrected chi connectivity index (χ3v) is 4.29. The molecule has 19 heavy (non-hydrogen) atoms. The Morgan fingerprint density at radius 1 is 1.32 bits per heavy atom. The van der Waals surface area contributed by atoms with Gasteiger partial charge in [0.25, 0.3) is 0 Å². The van der Waals surface area contributed by atoms with Gasteiger partial charge in [-0.25, -0.2) is 0 Å². The van der Waals surface area contributed by atoms with Crippen molar-refractivity contribution >= 4 is 33.4 Å². The van der Waals surface area contributed by atoms with Gasteiger partial charge in [0.1, 0.15) is 0 Å². The summed E-state index contributed by atoms with van der Waals surface area (Å²) in [4.78, 5) is 4.57. The summed E-state index contributed by atoms with van der Waals surface area (Å²) in [7, 11) is 2.15. The molecule has 0 atom stereocenters. The number of aromatic nitrogens is 2. The average Bonchev–Trinajstić information content (AvgIpc) is 2.73. The predicted octanol–water partition coefficient (Wildman–Crippen LogP) is 3.03. The molecule has 0 aliphatic carbocycles. The molecule has 1 N–H and O–H groups in total. The second kappa shape index (κ2) is 3.95. The van der Waals surface area contributed by atoms with Crippen molar-refractivity contribution in [2.75, 3.05) is 6.54 Å². The Hall–Kier alpha value is -1.58. The number of nitrogens with one attached hydrogen (secondary N) is 1. The van der Waals surface area contributed by atoms with Crippen LogP contribution in [0.25, 0.3) is 21.8 Å². The highest BCUT2D eigenvalue weighted by atomic mass is 35.5. The summed E-state index contributed by atoms with van der Waals surface area (Å²) in [6.07, 6.45) is 3.06. The highest BCUT2D eigenvalue weighted by Gasteiger charge is 2.19. The highest BCUT2D eigenvalue weighted by molar-refractivity contribution is 6.31. The van der Waals surface area contributed by atoms with E-state index in [9.17, 15) is 0 Å². The molecule has 0 fully saturated rings. The van der Waals surface area contributed by atoms with E-state index in [0.717, 1.165) is 30.0 Å². The lowest BCUT2D eigenvalue weighted by Gasteiger charge is -2.14. The van der Waals surface area contributed by atoms with Gasteiger partial charge in [-0.3, -0.25) is 4.98 Å². The molecule has 0 unspecified atom stereocenters. The highest BCUT2D eigenvalue weighted by Crippen LogP contribution is 2.32. The average molecular weight is 272 g/mol. The summed E-state index contributed by atoms with van der Waals surface area (Å²) in [6.45, 7) is 1.99. The summed E-state index contributed by atoms with van der Waals surface area (Å²) >= 11 is 6.05. The van der Waals surface area contributed by atoms with Gasteiger partial charge in [-0.05, 0) is 23.8 Å². The number of halogens is 1. The third kappa shape index (κ3) is 1.52. The maximum absolute atomic E-state index is 6.05. The van der Waals surface area contributed by atoms with Crippen LogP contribution in [0.15, 0.2) is 24.4 Å². The molecule has 96 valence electrons. The fourth-order valence-electron chi connectivity index (χ4n) is 3.16. The van der Waals surface area contributed by atoms with E-state index in [1.54, 1.807) is 0 Å². The second-order valence-corrected chi connectivity index (χ2v) is 5.53. The summed E-state index contributed by atoms with van der Waals surface area (Å²) in [5, 5.41) is 6.62. The molecular formula is C15H14ClN3. The fourth-order valence-corrected chi connectivity index (χ4v) is 3.33. The van der Waals surface area contributed by atoms with E-state index in [4.69, 9.17) is 11.6 Å². The van der Waals surface area contributed by atoms with E-state index in [-0.39, 0.29) is 0 Å². The molecule has 0 saturated carbocycles. The third-order valence-electron chi connectivity index (χ3n) is 4.06. The fraction of sp³-hybridized carbons (Fsp3) is 0.267. The van der Waals surface area contributed by atoms with Crippen LogP contribution in [0.2, 0.25) is 5.02 Å². The van der Waals surface area contributed by atoms with Crippen molar-refractivity contribution in [1.29, 1.82) is 0 Å². The van der Waals surface area contributed by atoms with Gasteiger partial charge in [0.15, 0.2) is 0 Å². The lowest BCUT2D eigenvalue weighted by atomic mass is 10.1. The predicted molar refractivity (Wildman–Crippen MR) is 78.6 cm³/mol. The SMILES string of the molecule is Cn1c2c(c3cnc4cc(Cl)ccc4c31)CNCC2. The lowest BCUT2D eigenvalue weighted by Crippen LogP contribution is -2.24. The molecule has 2 aromatic heterocycles. The van der Waals surface area contributed by atoms with Crippen molar-refractivity contribution < 1.29 is 0 Å².